The lowest BCUT2D eigenvalue weighted by Crippen LogP contribution is -2.20. The maximum Gasteiger partial charge on any atom is 0.338 e. The lowest BCUT2D eigenvalue weighted by molar-refractivity contribution is -0.118. The predicted molar refractivity (Wildman–Crippen MR) is 101 cm³/mol. The fourth-order valence-electron chi connectivity index (χ4n) is 2.57. The van der Waals surface area contributed by atoms with Crippen molar-refractivity contribution in [2.24, 2.45) is 0 Å². The van der Waals surface area contributed by atoms with Crippen molar-refractivity contribution in [3.63, 3.8) is 0 Å². The third kappa shape index (κ3) is 4.63. The molecule has 7 heteroatoms. The van der Waals surface area contributed by atoms with Gasteiger partial charge in [-0.25, -0.2) is 9.78 Å². The largest absolute Gasteiger partial charge is 0.480 e. The number of esters is 1. The minimum absolute atomic E-state index is 0.174. The number of aromatic nitrogens is 2. The first-order chi connectivity index (χ1) is 12.9. The molecule has 0 bridgehead atoms. The van der Waals surface area contributed by atoms with Crippen molar-refractivity contribution < 1.29 is 19.1 Å². The van der Waals surface area contributed by atoms with Gasteiger partial charge in [0.15, 0.2) is 18.0 Å². The molecule has 0 atom stereocenters. The summed E-state index contributed by atoms with van der Waals surface area (Å²) in [5, 5.41) is 2.72. The molecule has 2 aromatic heterocycles. The van der Waals surface area contributed by atoms with Crippen LogP contribution in [0.2, 0.25) is 0 Å². The number of hydrogen-bond donors (Lipinski definition) is 1. The second-order valence-corrected chi connectivity index (χ2v) is 6.36. The second kappa shape index (κ2) is 7.90. The Bertz CT molecular complexity index is 978. The summed E-state index contributed by atoms with van der Waals surface area (Å²) in [5.41, 5.74) is 2.39. The van der Waals surface area contributed by atoms with Crippen LogP contribution in [0.5, 0.6) is 5.75 Å². The third-order valence-electron chi connectivity index (χ3n) is 3.65. The molecule has 0 saturated heterocycles. The van der Waals surface area contributed by atoms with E-state index in [-0.39, 0.29) is 18.6 Å². The van der Waals surface area contributed by atoms with Crippen molar-refractivity contribution >= 4 is 23.2 Å². The summed E-state index contributed by atoms with van der Waals surface area (Å²) in [6, 6.07) is 10.2. The molecule has 0 fully saturated rings. The van der Waals surface area contributed by atoms with Gasteiger partial charge in [0.05, 0.1) is 17.4 Å². The first-order valence-electron chi connectivity index (χ1n) is 8.60. The van der Waals surface area contributed by atoms with Gasteiger partial charge < -0.3 is 19.2 Å². The average Bonchev–Trinajstić information content (AvgIpc) is 3.00. The van der Waals surface area contributed by atoms with E-state index in [2.05, 4.69) is 10.3 Å². The molecule has 0 unspecified atom stereocenters. The number of imidazole rings is 1. The molecule has 1 aromatic carbocycles. The summed E-state index contributed by atoms with van der Waals surface area (Å²) in [4.78, 5) is 28.6. The number of anilines is 1. The number of fused-ring (bicyclic) bond motifs is 1. The van der Waals surface area contributed by atoms with Gasteiger partial charge in [-0.3, -0.25) is 4.79 Å². The zero-order valence-electron chi connectivity index (χ0n) is 15.4. The van der Waals surface area contributed by atoms with E-state index in [1.54, 1.807) is 44.2 Å². The van der Waals surface area contributed by atoms with Crippen LogP contribution in [0.4, 0.5) is 5.69 Å². The smallest absolute Gasteiger partial charge is 0.338 e. The number of carbonyl (C=O) groups excluding carboxylic acids is 2. The summed E-state index contributed by atoms with van der Waals surface area (Å²) >= 11 is 0. The van der Waals surface area contributed by atoms with Crippen LogP contribution in [0.3, 0.4) is 0 Å². The molecule has 3 aromatic rings. The topological polar surface area (TPSA) is 81.9 Å². The van der Waals surface area contributed by atoms with Crippen LogP contribution in [0.1, 0.15) is 29.9 Å². The van der Waals surface area contributed by atoms with Gasteiger partial charge >= 0.3 is 5.97 Å². The van der Waals surface area contributed by atoms with Crippen molar-refractivity contribution in [3.8, 4) is 5.75 Å². The predicted octanol–water partition coefficient (Wildman–Crippen LogP) is 3.23. The van der Waals surface area contributed by atoms with Gasteiger partial charge in [-0.2, -0.15) is 0 Å². The van der Waals surface area contributed by atoms with Crippen LogP contribution in [0, 0.1) is 6.92 Å². The Morgan fingerprint density at radius 1 is 1.22 bits per heavy atom. The average molecular weight is 367 g/mol. The summed E-state index contributed by atoms with van der Waals surface area (Å²) in [7, 11) is 0. The Labute approximate surface area is 156 Å². The van der Waals surface area contributed by atoms with Crippen LogP contribution >= 0.6 is 0 Å². The second-order valence-electron chi connectivity index (χ2n) is 6.36. The summed E-state index contributed by atoms with van der Waals surface area (Å²) < 4.78 is 12.6. The summed E-state index contributed by atoms with van der Waals surface area (Å²) in [5.74, 6) is -0.247. The SMILES string of the molecule is Cc1cn2cccc(OCC(=O)Nc3cccc(C(=O)OC(C)C)c3)c2n1. The summed E-state index contributed by atoms with van der Waals surface area (Å²) in [6.07, 6.45) is 3.53. The molecule has 27 heavy (non-hydrogen) atoms. The Balaban J connectivity index is 1.63. The zero-order valence-corrected chi connectivity index (χ0v) is 15.4. The third-order valence-corrected chi connectivity index (χ3v) is 3.65. The standard InChI is InChI=1S/C20H21N3O4/c1-13(2)27-20(25)15-6-4-7-16(10-15)22-18(24)12-26-17-8-5-9-23-11-14(3)21-19(17)23/h4-11,13H,12H2,1-3H3,(H,22,24). The highest BCUT2D eigenvalue weighted by atomic mass is 16.5. The number of nitrogens with zero attached hydrogens (tertiary/aromatic N) is 2. The van der Waals surface area contributed by atoms with E-state index in [1.165, 1.54) is 0 Å². The quantitative estimate of drug-likeness (QED) is 0.677. The molecule has 0 aliphatic rings. The van der Waals surface area contributed by atoms with Crippen molar-refractivity contribution in [1.82, 2.24) is 9.38 Å². The number of amides is 1. The zero-order chi connectivity index (χ0) is 19.4. The Morgan fingerprint density at radius 2 is 2.04 bits per heavy atom. The molecule has 1 N–H and O–H groups in total. The maximum absolute atomic E-state index is 12.2. The highest BCUT2D eigenvalue weighted by molar-refractivity contribution is 5.95. The van der Waals surface area contributed by atoms with Crippen molar-refractivity contribution in [3.05, 3.63) is 60.0 Å². The van der Waals surface area contributed by atoms with Gasteiger partial charge in [0, 0.05) is 18.1 Å². The molecule has 140 valence electrons. The van der Waals surface area contributed by atoms with Gasteiger partial charge in [-0.15, -0.1) is 0 Å². The van der Waals surface area contributed by atoms with Crippen molar-refractivity contribution in [1.29, 1.82) is 0 Å². The van der Waals surface area contributed by atoms with Gasteiger partial charge in [-0.1, -0.05) is 6.07 Å². The number of aryl methyl sites for hydroxylation is 1. The maximum atomic E-state index is 12.2. The number of carbonyl (C=O) groups is 2. The van der Waals surface area contributed by atoms with Crippen LogP contribution in [0.25, 0.3) is 5.65 Å². The van der Waals surface area contributed by atoms with Crippen LogP contribution in [0.15, 0.2) is 48.8 Å². The molecule has 0 radical (unpaired) electrons. The van der Waals surface area contributed by atoms with E-state index in [1.807, 2.05) is 29.8 Å². The molecule has 0 spiro atoms. The lowest BCUT2D eigenvalue weighted by Gasteiger charge is -2.10. The number of ether oxygens (including phenoxy) is 2. The first-order valence-corrected chi connectivity index (χ1v) is 8.60. The normalized spacial score (nSPS) is 10.8. The van der Waals surface area contributed by atoms with E-state index in [4.69, 9.17) is 9.47 Å². The van der Waals surface area contributed by atoms with Crippen LogP contribution < -0.4 is 10.1 Å². The minimum Gasteiger partial charge on any atom is -0.480 e. The number of pyridine rings is 1. The highest BCUT2D eigenvalue weighted by Crippen LogP contribution is 2.19. The van der Waals surface area contributed by atoms with Gasteiger partial charge in [0.1, 0.15) is 0 Å². The first kappa shape index (κ1) is 18.4. The highest BCUT2D eigenvalue weighted by Gasteiger charge is 2.12. The van der Waals surface area contributed by atoms with E-state index in [0.717, 1.165) is 5.69 Å². The van der Waals surface area contributed by atoms with Crippen LogP contribution in [-0.4, -0.2) is 34.0 Å². The number of benzene rings is 1. The van der Waals surface area contributed by atoms with Crippen molar-refractivity contribution in [2.75, 3.05) is 11.9 Å². The molecular formula is C20H21N3O4. The molecule has 0 aliphatic carbocycles. The molecule has 1 amide bonds. The van der Waals surface area contributed by atoms with Crippen LogP contribution in [-0.2, 0) is 9.53 Å². The Hall–Kier alpha value is -3.35. The Kier molecular flexibility index (Phi) is 5.40. The minimum atomic E-state index is -0.432. The molecule has 0 aliphatic heterocycles. The fraction of sp³-hybridized carbons (Fsp3) is 0.250. The van der Waals surface area contributed by atoms with E-state index in [0.29, 0.717) is 22.6 Å². The molecule has 7 nitrogen and oxygen atoms in total. The molecule has 3 rings (SSSR count). The number of nitrogens with one attached hydrogen (secondary N) is 1. The lowest BCUT2D eigenvalue weighted by atomic mass is 10.2. The van der Waals surface area contributed by atoms with Crippen molar-refractivity contribution in [2.45, 2.75) is 26.9 Å². The molecular weight excluding hydrogens is 346 g/mol. The fourth-order valence-corrected chi connectivity index (χ4v) is 2.57. The van der Waals surface area contributed by atoms with Gasteiger partial charge in [0.2, 0.25) is 0 Å². The van der Waals surface area contributed by atoms with Gasteiger partial charge in [-0.05, 0) is 51.1 Å². The Morgan fingerprint density at radius 3 is 2.81 bits per heavy atom. The number of hydrogen-bond acceptors (Lipinski definition) is 5. The molecule has 2 heterocycles. The van der Waals surface area contributed by atoms with E-state index < -0.39 is 5.97 Å². The number of rotatable bonds is 6. The van der Waals surface area contributed by atoms with E-state index >= 15 is 0 Å². The summed E-state index contributed by atoms with van der Waals surface area (Å²) in [6.45, 7) is 5.28. The molecule has 0 saturated carbocycles. The van der Waals surface area contributed by atoms with Gasteiger partial charge in [0.25, 0.3) is 5.91 Å². The van der Waals surface area contributed by atoms with E-state index in [9.17, 15) is 9.59 Å². The monoisotopic (exact) mass is 367 g/mol.